The number of ether oxygens (including phenoxy) is 1. The summed E-state index contributed by atoms with van der Waals surface area (Å²) < 4.78 is 5.68. The largest absolute Gasteiger partial charge is 0.494 e. The van der Waals surface area contributed by atoms with Crippen molar-refractivity contribution in [3.05, 3.63) is 65.2 Å². The molecule has 0 radical (unpaired) electrons. The molecule has 174 valence electrons. The van der Waals surface area contributed by atoms with Gasteiger partial charge in [-0.1, -0.05) is 42.5 Å². The number of hydrogen-bond donors (Lipinski definition) is 2. The van der Waals surface area contributed by atoms with Crippen molar-refractivity contribution in [2.75, 3.05) is 26.2 Å². The van der Waals surface area contributed by atoms with Crippen LogP contribution in [0.2, 0.25) is 0 Å². The van der Waals surface area contributed by atoms with Crippen LogP contribution in [0.4, 0.5) is 0 Å². The zero-order valence-corrected chi connectivity index (χ0v) is 21.4. The third-order valence-electron chi connectivity index (χ3n) is 5.37. The summed E-state index contributed by atoms with van der Waals surface area (Å²) in [5.41, 5.74) is 3.70. The summed E-state index contributed by atoms with van der Waals surface area (Å²) in [4.78, 5) is 19.3. The zero-order valence-electron chi connectivity index (χ0n) is 19.1. The van der Waals surface area contributed by atoms with E-state index in [4.69, 9.17) is 4.74 Å². The van der Waals surface area contributed by atoms with Gasteiger partial charge >= 0.3 is 0 Å². The third kappa shape index (κ3) is 7.69. The quantitative estimate of drug-likeness (QED) is 0.214. The Morgan fingerprint density at radius 1 is 1.06 bits per heavy atom. The molecule has 0 aromatic heterocycles. The Labute approximate surface area is 208 Å². The van der Waals surface area contributed by atoms with E-state index in [1.807, 2.05) is 49.1 Å². The van der Waals surface area contributed by atoms with Gasteiger partial charge in [0.2, 0.25) is 5.91 Å². The van der Waals surface area contributed by atoms with Gasteiger partial charge in [-0.15, -0.1) is 24.0 Å². The summed E-state index contributed by atoms with van der Waals surface area (Å²) in [7, 11) is 0. The highest BCUT2D eigenvalue weighted by molar-refractivity contribution is 14.0. The highest BCUT2D eigenvalue weighted by Gasteiger charge is 2.19. The molecule has 0 bridgehead atoms. The number of halogens is 1. The van der Waals surface area contributed by atoms with E-state index in [1.54, 1.807) is 0 Å². The van der Waals surface area contributed by atoms with E-state index >= 15 is 0 Å². The molecule has 0 atom stereocenters. The second-order valence-electron chi connectivity index (χ2n) is 7.60. The molecular formula is C25H35IN4O2. The molecular weight excluding hydrogens is 515 g/mol. The molecule has 0 saturated heterocycles. The molecule has 2 aromatic rings. The highest BCUT2D eigenvalue weighted by atomic mass is 127. The van der Waals surface area contributed by atoms with Crippen molar-refractivity contribution in [2.45, 2.75) is 46.2 Å². The second-order valence-corrected chi connectivity index (χ2v) is 7.60. The lowest BCUT2D eigenvalue weighted by atomic mass is 9.99. The molecule has 0 fully saturated rings. The van der Waals surface area contributed by atoms with Crippen LogP contribution >= 0.6 is 24.0 Å². The van der Waals surface area contributed by atoms with E-state index < -0.39 is 0 Å². The van der Waals surface area contributed by atoms with Crippen molar-refractivity contribution >= 4 is 35.8 Å². The standard InChI is InChI=1S/C25H34N4O2.HI/c1-3-26-25(28-18-21-11-7-8-13-23(21)31-4-2)27-16-9-14-24(30)29-17-15-20-10-5-6-12-22(20)19-29;/h5-8,10-13H,3-4,9,14-19H2,1-2H3,(H2,26,27,28);1H. The molecule has 0 spiro atoms. The van der Waals surface area contributed by atoms with Gasteiger partial charge in [-0.2, -0.15) is 0 Å². The number of fused-ring (bicyclic) bond motifs is 1. The van der Waals surface area contributed by atoms with E-state index in [0.29, 0.717) is 26.1 Å². The number of nitrogens with zero attached hydrogens (tertiary/aromatic N) is 2. The summed E-state index contributed by atoms with van der Waals surface area (Å²) in [5, 5.41) is 6.61. The number of hydrogen-bond acceptors (Lipinski definition) is 3. The number of guanidine groups is 1. The Kier molecular flexibility index (Phi) is 11.3. The maximum atomic E-state index is 12.6. The molecule has 7 heteroatoms. The highest BCUT2D eigenvalue weighted by Crippen LogP contribution is 2.20. The summed E-state index contributed by atoms with van der Waals surface area (Å²) in [6.07, 6.45) is 2.26. The van der Waals surface area contributed by atoms with E-state index in [0.717, 1.165) is 49.7 Å². The zero-order chi connectivity index (χ0) is 21.9. The third-order valence-corrected chi connectivity index (χ3v) is 5.37. The second kappa shape index (κ2) is 14.0. The van der Waals surface area contributed by atoms with Crippen LogP contribution in [0.1, 0.15) is 43.4 Å². The number of nitrogens with one attached hydrogen (secondary N) is 2. The number of amides is 1. The van der Waals surface area contributed by atoms with Crippen molar-refractivity contribution in [1.29, 1.82) is 0 Å². The molecule has 32 heavy (non-hydrogen) atoms. The van der Waals surface area contributed by atoms with Crippen LogP contribution in [0.3, 0.4) is 0 Å². The molecule has 6 nitrogen and oxygen atoms in total. The Hall–Kier alpha value is -2.29. The molecule has 0 aliphatic carbocycles. The molecule has 1 amide bonds. The first kappa shape index (κ1) is 26.0. The summed E-state index contributed by atoms with van der Waals surface area (Å²) in [6.45, 7) is 8.23. The van der Waals surface area contributed by atoms with Gasteiger partial charge in [0.25, 0.3) is 0 Å². The minimum absolute atomic E-state index is 0. The first-order chi connectivity index (χ1) is 15.2. The number of para-hydroxylation sites is 1. The monoisotopic (exact) mass is 550 g/mol. The molecule has 1 heterocycles. The number of rotatable bonds is 9. The first-order valence-electron chi connectivity index (χ1n) is 11.3. The van der Waals surface area contributed by atoms with Crippen molar-refractivity contribution < 1.29 is 9.53 Å². The molecule has 1 aliphatic heterocycles. The number of aliphatic imine (C=N–C) groups is 1. The average Bonchev–Trinajstić information content (AvgIpc) is 2.80. The van der Waals surface area contributed by atoms with Crippen LogP contribution in [-0.4, -0.2) is 43.0 Å². The number of carbonyl (C=O) groups is 1. The lowest BCUT2D eigenvalue weighted by Crippen LogP contribution is -2.39. The van der Waals surface area contributed by atoms with Crippen molar-refractivity contribution in [1.82, 2.24) is 15.5 Å². The van der Waals surface area contributed by atoms with Gasteiger partial charge in [-0.25, -0.2) is 4.99 Å². The summed E-state index contributed by atoms with van der Waals surface area (Å²) >= 11 is 0. The molecule has 3 rings (SSSR count). The lowest BCUT2D eigenvalue weighted by molar-refractivity contribution is -0.132. The minimum Gasteiger partial charge on any atom is -0.494 e. The van der Waals surface area contributed by atoms with Crippen molar-refractivity contribution in [3.8, 4) is 5.75 Å². The fourth-order valence-corrected chi connectivity index (χ4v) is 3.75. The minimum atomic E-state index is 0. The van der Waals surface area contributed by atoms with Crippen LogP contribution in [0.25, 0.3) is 0 Å². The molecule has 1 aliphatic rings. The van der Waals surface area contributed by atoms with E-state index in [-0.39, 0.29) is 29.9 Å². The number of carbonyl (C=O) groups excluding carboxylic acids is 1. The van der Waals surface area contributed by atoms with Gasteiger partial charge < -0.3 is 20.3 Å². The smallest absolute Gasteiger partial charge is 0.222 e. The topological polar surface area (TPSA) is 66.0 Å². The molecule has 2 N–H and O–H groups in total. The maximum absolute atomic E-state index is 12.6. The Morgan fingerprint density at radius 2 is 1.81 bits per heavy atom. The van der Waals surface area contributed by atoms with Gasteiger partial charge in [-0.05, 0) is 43.9 Å². The maximum Gasteiger partial charge on any atom is 0.222 e. The molecule has 2 aromatic carbocycles. The Morgan fingerprint density at radius 3 is 2.59 bits per heavy atom. The number of benzene rings is 2. The van der Waals surface area contributed by atoms with Crippen molar-refractivity contribution in [2.24, 2.45) is 4.99 Å². The SMILES string of the molecule is CCNC(=NCc1ccccc1OCC)NCCCC(=O)N1CCc2ccccc2C1.I. The Bertz CT molecular complexity index is 888. The van der Waals surface area contributed by atoms with Crippen LogP contribution in [0.5, 0.6) is 5.75 Å². The van der Waals surface area contributed by atoms with Crippen LogP contribution in [-0.2, 0) is 24.3 Å². The van der Waals surface area contributed by atoms with Gasteiger partial charge in [0.05, 0.1) is 13.2 Å². The predicted molar refractivity (Wildman–Crippen MR) is 141 cm³/mol. The van der Waals surface area contributed by atoms with E-state index in [1.165, 1.54) is 11.1 Å². The molecule has 0 saturated carbocycles. The average molecular weight is 550 g/mol. The van der Waals surface area contributed by atoms with Gasteiger partial charge in [0, 0.05) is 38.2 Å². The normalized spacial score (nSPS) is 13.1. The van der Waals surface area contributed by atoms with Gasteiger partial charge in [-0.3, -0.25) is 4.79 Å². The van der Waals surface area contributed by atoms with Crippen LogP contribution in [0, 0.1) is 0 Å². The van der Waals surface area contributed by atoms with Crippen LogP contribution < -0.4 is 15.4 Å². The van der Waals surface area contributed by atoms with E-state index in [9.17, 15) is 4.79 Å². The first-order valence-corrected chi connectivity index (χ1v) is 11.3. The fourth-order valence-electron chi connectivity index (χ4n) is 3.75. The van der Waals surface area contributed by atoms with Gasteiger partial charge in [0.15, 0.2) is 5.96 Å². The predicted octanol–water partition coefficient (Wildman–Crippen LogP) is 4.12. The summed E-state index contributed by atoms with van der Waals surface area (Å²) in [5.74, 6) is 1.86. The van der Waals surface area contributed by atoms with Gasteiger partial charge in [0.1, 0.15) is 5.75 Å². The lowest BCUT2D eigenvalue weighted by Gasteiger charge is -2.29. The van der Waals surface area contributed by atoms with Crippen molar-refractivity contribution in [3.63, 3.8) is 0 Å². The Balaban J connectivity index is 0.00000363. The summed E-state index contributed by atoms with van der Waals surface area (Å²) in [6, 6.07) is 16.4. The fraction of sp³-hybridized carbons (Fsp3) is 0.440. The molecule has 0 unspecified atom stereocenters. The van der Waals surface area contributed by atoms with Crippen LogP contribution in [0.15, 0.2) is 53.5 Å². The van der Waals surface area contributed by atoms with E-state index in [2.05, 4.69) is 33.8 Å².